The van der Waals surface area contributed by atoms with Gasteiger partial charge in [0.15, 0.2) is 5.76 Å². The fraction of sp³-hybridized carbons (Fsp3) is 0.235. The highest BCUT2D eigenvalue weighted by Gasteiger charge is 2.26. The fourth-order valence-electron chi connectivity index (χ4n) is 2.42. The number of aromatic amines is 1. The Balaban J connectivity index is 1.83. The molecule has 0 atom stereocenters. The van der Waals surface area contributed by atoms with Crippen LogP contribution in [-0.4, -0.2) is 24.8 Å². The van der Waals surface area contributed by atoms with Crippen molar-refractivity contribution in [3.05, 3.63) is 48.4 Å². The maximum Gasteiger partial charge on any atom is 0.291 e. The zero-order chi connectivity index (χ0) is 18.2. The second-order valence-corrected chi connectivity index (χ2v) is 8.29. The summed E-state index contributed by atoms with van der Waals surface area (Å²) in [5.74, 6) is -0.604. The molecule has 1 amide bonds. The van der Waals surface area contributed by atoms with Crippen molar-refractivity contribution in [2.24, 2.45) is 0 Å². The normalized spacial score (nSPS) is 12.4. The molecule has 1 aromatic carbocycles. The van der Waals surface area contributed by atoms with Crippen molar-refractivity contribution in [3.63, 3.8) is 0 Å². The third kappa shape index (κ3) is 3.75. The number of hydrogen-bond donors (Lipinski definition) is 3. The van der Waals surface area contributed by atoms with Gasteiger partial charge in [-0.05, 0) is 51.1 Å². The van der Waals surface area contributed by atoms with Gasteiger partial charge in [0, 0.05) is 22.6 Å². The molecule has 0 saturated heterocycles. The maximum absolute atomic E-state index is 12.4. The van der Waals surface area contributed by atoms with Crippen molar-refractivity contribution in [3.8, 4) is 0 Å². The third-order valence-electron chi connectivity index (χ3n) is 3.35. The van der Waals surface area contributed by atoms with Gasteiger partial charge in [-0.3, -0.25) is 4.79 Å². The van der Waals surface area contributed by atoms with Gasteiger partial charge in [0.25, 0.3) is 15.9 Å². The second kappa shape index (κ2) is 6.05. The summed E-state index contributed by atoms with van der Waals surface area (Å²) in [5.41, 5.74) is 0.838. The summed E-state index contributed by atoms with van der Waals surface area (Å²) >= 11 is 0. The molecule has 0 aliphatic rings. The van der Waals surface area contributed by atoms with Crippen molar-refractivity contribution < 1.29 is 17.6 Å². The topological polar surface area (TPSA) is 104 Å². The number of anilines is 1. The van der Waals surface area contributed by atoms with E-state index in [-0.39, 0.29) is 10.9 Å². The van der Waals surface area contributed by atoms with Gasteiger partial charge in [-0.2, -0.15) is 0 Å². The largest absolute Gasteiger partial charge is 0.438 e. The van der Waals surface area contributed by atoms with Crippen molar-refractivity contribution in [2.45, 2.75) is 31.4 Å². The molecular weight excluding hydrogens is 342 g/mol. The van der Waals surface area contributed by atoms with E-state index in [0.29, 0.717) is 5.69 Å². The van der Waals surface area contributed by atoms with Crippen LogP contribution >= 0.6 is 0 Å². The van der Waals surface area contributed by atoms with Crippen LogP contribution in [0.3, 0.4) is 0 Å². The molecule has 7 nitrogen and oxygen atoms in total. The lowest BCUT2D eigenvalue weighted by Gasteiger charge is -2.18. The van der Waals surface area contributed by atoms with E-state index in [1.807, 2.05) is 12.1 Å². The maximum atomic E-state index is 12.4. The van der Waals surface area contributed by atoms with Crippen molar-refractivity contribution in [1.29, 1.82) is 0 Å². The molecule has 8 heteroatoms. The van der Waals surface area contributed by atoms with Gasteiger partial charge >= 0.3 is 0 Å². The molecular formula is C17H19N3O4S. The van der Waals surface area contributed by atoms with Crippen LogP contribution in [-0.2, 0) is 10.0 Å². The number of carbonyl (C=O) groups excluding carboxylic acids is 1. The monoisotopic (exact) mass is 361 g/mol. The second-order valence-electron chi connectivity index (χ2n) is 6.67. The van der Waals surface area contributed by atoms with Crippen LogP contribution in [0.15, 0.2) is 52.1 Å². The van der Waals surface area contributed by atoms with E-state index in [9.17, 15) is 13.2 Å². The Kier molecular flexibility index (Phi) is 4.18. The smallest absolute Gasteiger partial charge is 0.291 e. The number of rotatable bonds is 4. The Morgan fingerprint density at radius 3 is 2.60 bits per heavy atom. The van der Waals surface area contributed by atoms with Crippen LogP contribution in [0.4, 0.5) is 5.69 Å². The van der Waals surface area contributed by atoms with Gasteiger partial charge in [-0.25, -0.2) is 13.1 Å². The Bertz CT molecular complexity index is 1030. The van der Waals surface area contributed by atoms with Crippen molar-refractivity contribution in [2.75, 3.05) is 5.32 Å². The molecule has 0 radical (unpaired) electrons. The van der Waals surface area contributed by atoms with Crippen LogP contribution in [0.1, 0.15) is 31.3 Å². The lowest BCUT2D eigenvalue weighted by Crippen LogP contribution is -2.40. The van der Waals surface area contributed by atoms with Crippen molar-refractivity contribution in [1.82, 2.24) is 9.71 Å². The molecule has 0 aliphatic carbocycles. The predicted octanol–water partition coefficient (Wildman–Crippen LogP) is 3.09. The SMILES string of the molecule is CC(C)(C)NS(=O)(=O)c1ccc(C(=O)Nc2cccc3[nH]ccc23)o1. The Morgan fingerprint density at radius 1 is 1.12 bits per heavy atom. The first-order valence-corrected chi connectivity index (χ1v) is 9.15. The minimum atomic E-state index is -3.83. The Labute approximate surface area is 145 Å². The molecule has 0 unspecified atom stereocenters. The lowest BCUT2D eigenvalue weighted by atomic mass is 10.1. The highest BCUT2D eigenvalue weighted by Crippen LogP contribution is 2.23. The standard InChI is InChI=1S/C17H19N3O4S/c1-17(2,3)20-25(22,23)15-8-7-14(24-15)16(21)19-13-6-4-5-12-11(13)9-10-18-12/h4-10,18,20H,1-3H3,(H,19,21). The quantitative estimate of drug-likeness (QED) is 0.664. The number of carbonyl (C=O) groups is 1. The van der Waals surface area contributed by atoms with Crippen LogP contribution < -0.4 is 10.0 Å². The molecule has 0 bridgehead atoms. The van der Waals surface area contributed by atoms with Gasteiger partial charge < -0.3 is 14.7 Å². The van der Waals surface area contributed by atoms with Crippen LogP contribution in [0.2, 0.25) is 0 Å². The first-order valence-electron chi connectivity index (χ1n) is 7.67. The summed E-state index contributed by atoms with van der Waals surface area (Å²) < 4.78 is 32.2. The van der Waals surface area contributed by atoms with E-state index in [2.05, 4.69) is 15.0 Å². The molecule has 3 aromatic rings. The molecule has 3 N–H and O–H groups in total. The lowest BCUT2D eigenvalue weighted by molar-refractivity contribution is 0.0991. The highest BCUT2D eigenvalue weighted by atomic mass is 32.2. The Morgan fingerprint density at radius 2 is 1.88 bits per heavy atom. The summed E-state index contributed by atoms with van der Waals surface area (Å²) in [7, 11) is -3.83. The number of aromatic nitrogens is 1. The van der Waals surface area contributed by atoms with Gasteiger partial charge in [-0.15, -0.1) is 0 Å². The number of H-pyrrole nitrogens is 1. The minimum Gasteiger partial charge on any atom is -0.438 e. The van der Waals surface area contributed by atoms with Crippen molar-refractivity contribution >= 4 is 32.5 Å². The molecule has 0 saturated carbocycles. The number of hydrogen-bond acceptors (Lipinski definition) is 4. The molecule has 0 fully saturated rings. The third-order valence-corrected chi connectivity index (χ3v) is 4.98. The van der Waals surface area contributed by atoms with E-state index in [4.69, 9.17) is 4.42 Å². The zero-order valence-electron chi connectivity index (χ0n) is 14.1. The first-order chi connectivity index (χ1) is 11.7. The molecule has 25 heavy (non-hydrogen) atoms. The number of amides is 1. The molecule has 132 valence electrons. The molecule has 2 aromatic heterocycles. The number of benzene rings is 1. The van der Waals surface area contributed by atoms with E-state index in [0.717, 1.165) is 10.9 Å². The summed E-state index contributed by atoms with van der Waals surface area (Å²) in [6.07, 6.45) is 1.77. The molecule has 3 rings (SSSR count). The van der Waals surface area contributed by atoms with E-state index < -0.39 is 21.5 Å². The zero-order valence-corrected chi connectivity index (χ0v) is 14.9. The number of nitrogens with one attached hydrogen (secondary N) is 3. The fourth-order valence-corrected chi connectivity index (χ4v) is 3.77. The minimum absolute atomic E-state index is 0.0816. The van der Waals surface area contributed by atoms with Gasteiger partial charge in [0.05, 0.1) is 5.69 Å². The van der Waals surface area contributed by atoms with Crippen LogP contribution in [0, 0.1) is 0 Å². The molecule has 0 spiro atoms. The number of sulfonamides is 1. The summed E-state index contributed by atoms with van der Waals surface area (Å²) in [5, 5.41) is 3.29. The van der Waals surface area contributed by atoms with Gasteiger partial charge in [0.1, 0.15) is 0 Å². The highest BCUT2D eigenvalue weighted by molar-refractivity contribution is 7.89. The average molecular weight is 361 g/mol. The van der Waals surface area contributed by atoms with E-state index in [1.165, 1.54) is 12.1 Å². The Hall–Kier alpha value is -2.58. The first kappa shape index (κ1) is 17.2. The average Bonchev–Trinajstić information content (AvgIpc) is 3.15. The van der Waals surface area contributed by atoms with E-state index >= 15 is 0 Å². The summed E-state index contributed by atoms with van der Waals surface area (Å²) in [4.78, 5) is 15.4. The molecule has 0 aliphatic heterocycles. The van der Waals surface area contributed by atoms with Gasteiger partial charge in [0.2, 0.25) is 5.09 Å². The van der Waals surface area contributed by atoms with Gasteiger partial charge in [-0.1, -0.05) is 6.07 Å². The van der Waals surface area contributed by atoms with Crippen LogP contribution in [0.5, 0.6) is 0 Å². The van der Waals surface area contributed by atoms with Crippen LogP contribution in [0.25, 0.3) is 10.9 Å². The van der Waals surface area contributed by atoms with E-state index in [1.54, 1.807) is 39.1 Å². The number of fused-ring (bicyclic) bond motifs is 1. The molecule has 2 heterocycles. The number of furan rings is 1. The predicted molar refractivity (Wildman–Crippen MR) is 95.0 cm³/mol. The summed E-state index contributed by atoms with van der Waals surface area (Å²) in [6.45, 7) is 5.16. The summed E-state index contributed by atoms with van der Waals surface area (Å²) in [6, 6.07) is 9.90.